The number of furan rings is 1. The predicted octanol–water partition coefficient (Wildman–Crippen LogP) is 5.87. The molecule has 0 unspecified atom stereocenters. The first-order chi connectivity index (χ1) is 12.2. The maximum atomic E-state index is 12.6. The van der Waals surface area contributed by atoms with E-state index in [1.54, 1.807) is 30.5 Å². The minimum atomic E-state index is -0.434. The van der Waals surface area contributed by atoms with Gasteiger partial charge >= 0.3 is 5.97 Å². The second-order valence-corrected chi connectivity index (χ2v) is 7.71. The SMILES string of the molecule is Cc1occc1C(=S)Nc1ccc(Cl)c(C(=O)OC(C(C)C)C(C)C)c1. The number of ether oxygens (including phenoxy) is 1. The molecule has 1 heterocycles. The van der Waals surface area contributed by atoms with Crippen LogP contribution in [0.25, 0.3) is 0 Å². The lowest BCUT2D eigenvalue weighted by atomic mass is 9.96. The van der Waals surface area contributed by atoms with E-state index in [0.717, 1.165) is 11.3 Å². The van der Waals surface area contributed by atoms with Gasteiger partial charge in [0.1, 0.15) is 16.9 Å². The molecule has 140 valence electrons. The maximum absolute atomic E-state index is 12.6. The number of anilines is 1. The van der Waals surface area contributed by atoms with Gasteiger partial charge in [-0.1, -0.05) is 51.5 Å². The standard InChI is InChI=1S/C20H24ClNO3S/c1-11(2)18(12(3)4)25-20(23)16-10-14(6-7-17(16)21)22-19(26)15-8-9-24-13(15)5/h6-12,18H,1-5H3,(H,22,26). The van der Waals surface area contributed by atoms with Crippen LogP contribution in [0.2, 0.25) is 5.02 Å². The monoisotopic (exact) mass is 393 g/mol. The van der Waals surface area contributed by atoms with Crippen molar-refractivity contribution in [3.8, 4) is 0 Å². The fourth-order valence-corrected chi connectivity index (χ4v) is 3.33. The van der Waals surface area contributed by atoms with Crippen LogP contribution >= 0.6 is 23.8 Å². The van der Waals surface area contributed by atoms with Crippen LogP contribution in [0.3, 0.4) is 0 Å². The maximum Gasteiger partial charge on any atom is 0.340 e. The molecular weight excluding hydrogens is 370 g/mol. The highest BCUT2D eigenvalue weighted by Crippen LogP contribution is 2.25. The average molecular weight is 394 g/mol. The van der Waals surface area contributed by atoms with Gasteiger partial charge < -0.3 is 14.5 Å². The summed E-state index contributed by atoms with van der Waals surface area (Å²) < 4.78 is 11.0. The molecule has 2 rings (SSSR count). The zero-order valence-electron chi connectivity index (χ0n) is 15.6. The molecule has 1 aromatic heterocycles. The molecule has 0 fully saturated rings. The van der Waals surface area contributed by atoms with E-state index in [9.17, 15) is 4.79 Å². The van der Waals surface area contributed by atoms with Crippen LogP contribution in [0.1, 0.15) is 49.4 Å². The van der Waals surface area contributed by atoms with Crippen molar-refractivity contribution in [2.45, 2.75) is 40.7 Å². The van der Waals surface area contributed by atoms with Crippen LogP contribution in [0.4, 0.5) is 5.69 Å². The van der Waals surface area contributed by atoms with Gasteiger partial charge in [-0.2, -0.15) is 0 Å². The highest BCUT2D eigenvalue weighted by molar-refractivity contribution is 7.81. The molecule has 1 aromatic carbocycles. The smallest absolute Gasteiger partial charge is 0.340 e. The molecule has 0 radical (unpaired) electrons. The predicted molar refractivity (Wildman–Crippen MR) is 109 cm³/mol. The van der Waals surface area contributed by atoms with Crippen molar-refractivity contribution in [2.75, 3.05) is 5.32 Å². The molecule has 2 aromatic rings. The van der Waals surface area contributed by atoms with Crippen LogP contribution in [-0.4, -0.2) is 17.1 Å². The van der Waals surface area contributed by atoms with Gasteiger partial charge in [-0.15, -0.1) is 0 Å². The average Bonchev–Trinajstić information content (AvgIpc) is 2.99. The second-order valence-electron chi connectivity index (χ2n) is 6.90. The summed E-state index contributed by atoms with van der Waals surface area (Å²) in [5.74, 6) is 0.732. The number of hydrogen-bond donors (Lipinski definition) is 1. The van der Waals surface area contributed by atoms with Crippen LogP contribution in [0.5, 0.6) is 0 Å². The third-order valence-corrected chi connectivity index (χ3v) is 4.76. The summed E-state index contributed by atoms with van der Waals surface area (Å²) in [4.78, 5) is 13.1. The number of thiocarbonyl (C=S) groups is 1. The van der Waals surface area contributed by atoms with Gasteiger partial charge in [0, 0.05) is 5.69 Å². The third kappa shape index (κ3) is 4.86. The lowest BCUT2D eigenvalue weighted by Gasteiger charge is -2.25. The molecule has 26 heavy (non-hydrogen) atoms. The molecule has 0 aliphatic heterocycles. The minimum absolute atomic E-state index is 0.176. The van der Waals surface area contributed by atoms with Crippen molar-refractivity contribution in [1.82, 2.24) is 0 Å². The molecule has 0 saturated carbocycles. The molecule has 0 spiro atoms. The van der Waals surface area contributed by atoms with Crippen LogP contribution < -0.4 is 5.32 Å². The van der Waals surface area contributed by atoms with Crippen molar-refractivity contribution < 1.29 is 13.9 Å². The number of aryl methyl sites for hydroxylation is 1. The molecule has 6 heteroatoms. The topological polar surface area (TPSA) is 51.5 Å². The van der Waals surface area contributed by atoms with E-state index in [2.05, 4.69) is 5.32 Å². The fraction of sp³-hybridized carbons (Fsp3) is 0.400. The summed E-state index contributed by atoms with van der Waals surface area (Å²) in [6.07, 6.45) is 1.41. The summed E-state index contributed by atoms with van der Waals surface area (Å²) in [5, 5.41) is 3.46. The number of hydrogen-bond acceptors (Lipinski definition) is 4. The van der Waals surface area contributed by atoms with Crippen LogP contribution in [0.15, 0.2) is 34.9 Å². The lowest BCUT2D eigenvalue weighted by Crippen LogP contribution is -2.29. The third-order valence-electron chi connectivity index (χ3n) is 4.10. The summed E-state index contributed by atoms with van der Waals surface area (Å²) >= 11 is 11.6. The first-order valence-corrected chi connectivity index (χ1v) is 9.35. The second kappa shape index (κ2) is 8.69. The van der Waals surface area contributed by atoms with Gasteiger partial charge in [-0.25, -0.2) is 4.79 Å². The number of halogens is 1. The van der Waals surface area contributed by atoms with Crippen molar-refractivity contribution in [3.63, 3.8) is 0 Å². The number of nitrogens with one attached hydrogen (secondary N) is 1. The van der Waals surface area contributed by atoms with E-state index in [4.69, 9.17) is 33.0 Å². The van der Waals surface area contributed by atoms with Crippen LogP contribution in [0, 0.1) is 18.8 Å². The van der Waals surface area contributed by atoms with Crippen molar-refractivity contribution >= 4 is 40.5 Å². The van der Waals surface area contributed by atoms with Gasteiger partial charge in [0.05, 0.1) is 22.4 Å². The highest BCUT2D eigenvalue weighted by atomic mass is 35.5. The minimum Gasteiger partial charge on any atom is -0.469 e. The Labute approximate surface area is 164 Å². The van der Waals surface area contributed by atoms with Gasteiger partial charge in [-0.3, -0.25) is 0 Å². The molecule has 1 N–H and O–H groups in total. The van der Waals surface area contributed by atoms with Crippen LogP contribution in [-0.2, 0) is 4.74 Å². The van der Waals surface area contributed by atoms with Crippen molar-refractivity contribution in [3.05, 3.63) is 52.4 Å². The van der Waals surface area contributed by atoms with E-state index < -0.39 is 5.97 Å². The molecule has 0 amide bonds. The molecular formula is C20H24ClNO3S. The Morgan fingerprint density at radius 3 is 2.35 bits per heavy atom. The molecule has 0 aliphatic rings. The summed E-state index contributed by atoms with van der Waals surface area (Å²) in [5.41, 5.74) is 1.78. The Bertz CT molecular complexity index is 790. The Kier molecular flexibility index (Phi) is 6.84. The van der Waals surface area contributed by atoms with Gasteiger partial charge in [-0.05, 0) is 43.0 Å². The number of carbonyl (C=O) groups is 1. The number of carbonyl (C=O) groups excluding carboxylic acids is 1. The van der Waals surface area contributed by atoms with E-state index in [0.29, 0.717) is 21.3 Å². The van der Waals surface area contributed by atoms with Crippen molar-refractivity contribution in [1.29, 1.82) is 0 Å². The van der Waals surface area contributed by atoms with E-state index in [1.807, 2.05) is 34.6 Å². The van der Waals surface area contributed by atoms with E-state index >= 15 is 0 Å². The van der Waals surface area contributed by atoms with Crippen molar-refractivity contribution in [2.24, 2.45) is 11.8 Å². The number of esters is 1. The largest absolute Gasteiger partial charge is 0.469 e. The van der Waals surface area contributed by atoms with Gasteiger partial charge in [0.25, 0.3) is 0 Å². The summed E-state index contributed by atoms with van der Waals surface area (Å²) in [7, 11) is 0. The normalized spacial score (nSPS) is 11.3. The Morgan fingerprint density at radius 1 is 1.15 bits per heavy atom. The Hall–Kier alpha value is -1.85. The Morgan fingerprint density at radius 2 is 1.81 bits per heavy atom. The molecule has 4 nitrogen and oxygen atoms in total. The molecule has 0 bridgehead atoms. The number of benzene rings is 1. The van der Waals surface area contributed by atoms with E-state index in [1.165, 1.54) is 0 Å². The first-order valence-electron chi connectivity index (χ1n) is 8.56. The van der Waals surface area contributed by atoms with E-state index in [-0.39, 0.29) is 17.9 Å². The lowest BCUT2D eigenvalue weighted by molar-refractivity contribution is 0.00326. The van der Waals surface area contributed by atoms with Gasteiger partial charge in [0.15, 0.2) is 0 Å². The zero-order chi connectivity index (χ0) is 19.4. The quantitative estimate of drug-likeness (QED) is 0.491. The Balaban J connectivity index is 2.20. The fourth-order valence-electron chi connectivity index (χ4n) is 2.81. The zero-order valence-corrected chi connectivity index (χ0v) is 17.2. The first kappa shape index (κ1) is 20.5. The number of rotatable bonds is 6. The molecule has 0 saturated heterocycles. The summed E-state index contributed by atoms with van der Waals surface area (Å²) in [6, 6.07) is 6.88. The molecule has 0 atom stereocenters. The highest BCUT2D eigenvalue weighted by Gasteiger charge is 2.24. The molecule has 0 aliphatic carbocycles. The van der Waals surface area contributed by atoms with Gasteiger partial charge in [0.2, 0.25) is 0 Å². The summed E-state index contributed by atoms with van der Waals surface area (Å²) in [6.45, 7) is 9.96.